The summed E-state index contributed by atoms with van der Waals surface area (Å²) in [6.45, 7) is 2.93. The second-order valence-electron chi connectivity index (χ2n) is 5.90. The number of benzene rings is 1. The highest BCUT2D eigenvalue weighted by Crippen LogP contribution is 2.31. The fourth-order valence-corrected chi connectivity index (χ4v) is 4.66. The quantitative estimate of drug-likeness (QED) is 0.922. The van der Waals surface area contributed by atoms with Gasteiger partial charge in [0.1, 0.15) is 5.75 Å². The number of fused-ring (bicyclic) bond motifs is 1. The van der Waals surface area contributed by atoms with Crippen molar-refractivity contribution in [1.82, 2.24) is 4.31 Å². The Labute approximate surface area is 131 Å². The number of aliphatic hydroxyl groups excluding tert-OH is 1. The molecule has 0 aliphatic carbocycles. The van der Waals surface area contributed by atoms with E-state index in [-0.39, 0.29) is 5.92 Å². The van der Waals surface area contributed by atoms with Gasteiger partial charge < -0.3 is 9.84 Å². The van der Waals surface area contributed by atoms with Crippen LogP contribution in [-0.4, -0.2) is 43.6 Å². The highest BCUT2D eigenvalue weighted by Gasteiger charge is 2.35. The van der Waals surface area contributed by atoms with Crippen molar-refractivity contribution >= 4 is 16.1 Å². The zero-order chi connectivity index (χ0) is 15.7. The number of aliphatic hydroxyl groups is 1. The molecule has 2 unspecified atom stereocenters. The molecule has 3 rings (SSSR count). The summed E-state index contributed by atoms with van der Waals surface area (Å²) >= 11 is 0. The van der Waals surface area contributed by atoms with Crippen LogP contribution in [0, 0.1) is 5.92 Å². The third kappa shape index (κ3) is 2.91. The lowest BCUT2D eigenvalue weighted by molar-refractivity contribution is 0.133. The van der Waals surface area contributed by atoms with Crippen molar-refractivity contribution in [2.75, 3.05) is 19.7 Å². The van der Waals surface area contributed by atoms with Crippen molar-refractivity contribution in [3.05, 3.63) is 34.7 Å². The average Bonchev–Trinajstić information content (AvgIpc) is 2.89. The molecule has 0 aromatic heterocycles. The molecular formula is C16H21NO4S. The Morgan fingerprint density at radius 1 is 1.36 bits per heavy atom. The number of hydrogen-bond donors (Lipinski definition) is 1. The smallest absolute Gasteiger partial charge is 0.239 e. The van der Waals surface area contributed by atoms with E-state index in [1.807, 2.05) is 24.3 Å². The molecule has 2 aliphatic rings. The first-order valence-corrected chi connectivity index (χ1v) is 9.03. The van der Waals surface area contributed by atoms with Crippen molar-refractivity contribution in [2.45, 2.75) is 25.9 Å². The molecule has 1 saturated heterocycles. The maximum atomic E-state index is 12.8. The van der Waals surface area contributed by atoms with Gasteiger partial charge in [0.15, 0.2) is 0 Å². The Bertz CT molecular complexity index is 681. The molecule has 0 amide bonds. The first-order chi connectivity index (χ1) is 10.5. The SMILES string of the molecule is CC(O)C1CCN(S(=O)(=O)C2=Cc3ccccc3OCC2)C1. The van der Waals surface area contributed by atoms with Crippen LogP contribution in [0.3, 0.4) is 0 Å². The Kier molecular flexibility index (Phi) is 4.25. The van der Waals surface area contributed by atoms with Crippen LogP contribution >= 0.6 is 0 Å². The summed E-state index contributed by atoms with van der Waals surface area (Å²) in [5, 5.41) is 9.67. The molecule has 2 aliphatic heterocycles. The molecule has 0 radical (unpaired) electrons. The second kappa shape index (κ2) is 6.02. The monoisotopic (exact) mass is 323 g/mol. The fraction of sp³-hybridized carbons (Fsp3) is 0.500. The van der Waals surface area contributed by atoms with Gasteiger partial charge >= 0.3 is 0 Å². The van der Waals surface area contributed by atoms with Crippen molar-refractivity contribution in [1.29, 1.82) is 0 Å². The number of rotatable bonds is 3. The number of hydrogen-bond acceptors (Lipinski definition) is 4. The molecule has 5 nitrogen and oxygen atoms in total. The lowest BCUT2D eigenvalue weighted by Gasteiger charge is -2.19. The molecule has 6 heteroatoms. The summed E-state index contributed by atoms with van der Waals surface area (Å²) < 4.78 is 32.8. The van der Waals surface area contributed by atoms with E-state index in [0.717, 1.165) is 11.3 Å². The van der Waals surface area contributed by atoms with Gasteiger partial charge in [-0.05, 0) is 31.4 Å². The maximum absolute atomic E-state index is 12.8. The Morgan fingerprint density at radius 2 is 2.14 bits per heavy atom. The van der Waals surface area contributed by atoms with E-state index in [2.05, 4.69) is 0 Å². The molecular weight excluding hydrogens is 302 g/mol. The van der Waals surface area contributed by atoms with Crippen molar-refractivity contribution in [3.63, 3.8) is 0 Å². The van der Waals surface area contributed by atoms with E-state index in [9.17, 15) is 13.5 Å². The lowest BCUT2D eigenvalue weighted by atomic mass is 10.0. The minimum Gasteiger partial charge on any atom is -0.493 e. The van der Waals surface area contributed by atoms with Crippen LogP contribution in [0.5, 0.6) is 5.75 Å². The van der Waals surface area contributed by atoms with E-state index >= 15 is 0 Å². The molecule has 0 saturated carbocycles. The number of sulfonamides is 1. The summed E-state index contributed by atoms with van der Waals surface area (Å²) in [6.07, 6.45) is 2.31. The van der Waals surface area contributed by atoms with Gasteiger partial charge in [-0.15, -0.1) is 0 Å². The van der Waals surface area contributed by atoms with Gasteiger partial charge in [0.2, 0.25) is 10.0 Å². The van der Waals surface area contributed by atoms with Crippen molar-refractivity contribution in [2.24, 2.45) is 5.92 Å². The van der Waals surface area contributed by atoms with Gasteiger partial charge in [0, 0.05) is 25.1 Å². The van der Waals surface area contributed by atoms with Gasteiger partial charge in [-0.3, -0.25) is 0 Å². The standard InChI is InChI=1S/C16H21NO4S/c1-12(18)14-6-8-17(11-14)22(19,20)15-7-9-21-16-5-3-2-4-13(16)10-15/h2-5,10,12,14,18H,6-9,11H2,1H3. The van der Waals surface area contributed by atoms with Crippen LogP contribution in [0.15, 0.2) is 29.2 Å². The largest absolute Gasteiger partial charge is 0.493 e. The van der Waals surface area contributed by atoms with Gasteiger partial charge in [-0.25, -0.2) is 8.42 Å². The number of ether oxygens (including phenoxy) is 1. The second-order valence-corrected chi connectivity index (χ2v) is 7.89. The first-order valence-electron chi connectivity index (χ1n) is 7.59. The van der Waals surface area contributed by atoms with E-state index in [0.29, 0.717) is 37.4 Å². The predicted molar refractivity (Wildman–Crippen MR) is 84.8 cm³/mol. The van der Waals surface area contributed by atoms with E-state index in [1.54, 1.807) is 13.0 Å². The number of para-hydroxylation sites is 1. The third-order valence-corrected chi connectivity index (χ3v) is 6.38. The molecule has 1 aromatic carbocycles. The van der Waals surface area contributed by atoms with Crippen LogP contribution in [0.4, 0.5) is 0 Å². The fourth-order valence-electron chi connectivity index (χ4n) is 2.97. The van der Waals surface area contributed by atoms with E-state index in [1.165, 1.54) is 4.31 Å². The van der Waals surface area contributed by atoms with E-state index in [4.69, 9.17) is 4.74 Å². The van der Waals surface area contributed by atoms with Crippen LogP contribution in [0.2, 0.25) is 0 Å². The summed E-state index contributed by atoms with van der Waals surface area (Å²) in [5.74, 6) is 0.737. The van der Waals surface area contributed by atoms with Gasteiger partial charge in [-0.2, -0.15) is 4.31 Å². The minimum absolute atomic E-state index is 0.0182. The average molecular weight is 323 g/mol. The first kappa shape index (κ1) is 15.5. The predicted octanol–water partition coefficient (Wildman–Crippen LogP) is 1.84. The molecule has 2 atom stereocenters. The van der Waals surface area contributed by atoms with Crippen LogP contribution < -0.4 is 4.74 Å². The molecule has 1 aromatic rings. The highest BCUT2D eigenvalue weighted by molar-refractivity contribution is 7.93. The van der Waals surface area contributed by atoms with E-state index < -0.39 is 16.1 Å². The lowest BCUT2D eigenvalue weighted by Crippen LogP contribution is -2.31. The summed E-state index contributed by atoms with van der Waals surface area (Å²) in [6, 6.07) is 7.45. The summed E-state index contributed by atoms with van der Waals surface area (Å²) in [7, 11) is -3.49. The minimum atomic E-state index is -3.49. The summed E-state index contributed by atoms with van der Waals surface area (Å²) in [4.78, 5) is 0.392. The van der Waals surface area contributed by atoms with Crippen molar-refractivity contribution < 1.29 is 18.3 Å². The van der Waals surface area contributed by atoms with Gasteiger partial charge in [-0.1, -0.05) is 18.2 Å². The normalized spacial score (nSPS) is 24.1. The molecule has 120 valence electrons. The molecule has 22 heavy (non-hydrogen) atoms. The highest BCUT2D eigenvalue weighted by atomic mass is 32.2. The van der Waals surface area contributed by atoms with Crippen LogP contribution in [-0.2, 0) is 10.0 Å². The maximum Gasteiger partial charge on any atom is 0.239 e. The molecule has 0 spiro atoms. The zero-order valence-corrected chi connectivity index (χ0v) is 13.4. The van der Waals surface area contributed by atoms with Gasteiger partial charge in [0.25, 0.3) is 0 Å². The van der Waals surface area contributed by atoms with Crippen LogP contribution in [0.1, 0.15) is 25.3 Å². The summed E-state index contributed by atoms with van der Waals surface area (Å²) in [5.41, 5.74) is 0.796. The molecule has 0 bridgehead atoms. The molecule has 2 heterocycles. The van der Waals surface area contributed by atoms with Crippen molar-refractivity contribution in [3.8, 4) is 5.75 Å². The topological polar surface area (TPSA) is 66.8 Å². The van der Waals surface area contributed by atoms with Gasteiger partial charge in [0.05, 0.1) is 17.6 Å². The zero-order valence-electron chi connectivity index (χ0n) is 12.6. The molecule has 1 N–H and O–H groups in total. The Balaban J connectivity index is 1.88. The number of nitrogens with zero attached hydrogens (tertiary/aromatic N) is 1. The Morgan fingerprint density at radius 3 is 2.86 bits per heavy atom. The molecule has 1 fully saturated rings. The Hall–Kier alpha value is -1.37. The van der Waals surface area contributed by atoms with Crippen LogP contribution in [0.25, 0.3) is 6.08 Å². The third-order valence-electron chi connectivity index (χ3n) is 4.38.